The Morgan fingerprint density at radius 2 is 2.06 bits per heavy atom. The fraction of sp³-hybridized carbons (Fsp3) is 0.417. The molecule has 1 N–H and O–H groups in total. The van der Waals surface area contributed by atoms with Crippen LogP contribution >= 0.6 is 0 Å². The number of halogens is 2. The van der Waals surface area contributed by atoms with Gasteiger partial charge in [0.15, 0.2) is 0 Å². The number of imidazole rings is 1. The van der Waals surface area contributed by atoms with Gasteiger partial charge < -0.3 is 9.64 Å². The molecule has 4 rings (SSSR count). The van der Waals surface area contributed by atoms with Crippen molar-refractivity contribution in [1.29, 1.82) is 0 Å². The van der Waals surface area contributed by atoms with Gasteiger partial charge in [0, 0.05) is 31.9 Å². The fourth-order valence-electron chi connectivity index (χ4n) is 4.53. The molecule has 0 radical (unpaired) electrons. The molecule has 0 spiro atoms. The van der Waals surface area contributed by atoms with Crippen molar-refractivity contribution in [3.05, 3.63) is 59.8 Å². The Morgan fingerprint density at radius 3 is 2.75 bits per heavy atom. The molecule has 1 aromatic carbocycles. The number of anilines is 1. The predicted octanol–water partition coefficient (Wildman–Crippen LogP) is 3.48. The number of carbonyl (C=O) groups is 1. The Balaban J connectivity index is 1.64. The molecular formula is C24H29F2N5O4S. The van der Waals surface area contributed by atoms with E-state index in [0.717, 1.165) is 28.4 Å². The van der Waals surface area contributed by atoms with Gasteiger partial charge in [0.05, 0.1) is 25.0 Å². The van der Waals surface area contributed by atoms with Crippen LogP contribution in [0.3, 0.4) is 0 Å². The number of ether oxygens (including phenoxy) is 1. The van der Waals surface area contributed by atoms with E-state index in [4.69, 9.17) is 4.74 Å². The summed E-state index contributed by atoms with van der Waals surface area (Å²) < 4.78 is 62.8. The smallest absolute Gasteiger partial charge is 0.303 e. The van der Waals surface area contributed by atoms with Crippen LogP contribution in [0, 0.1) is 5.82 Å². The van der Waals surface area contributed by atoms with Crippen molar-refractivity contribution >= 4 is 27.5 Å². The average molecular weight is 522 g/mol. The number of aromatic nitrogens is 2. The zero-order valence-electron chi connectivity index (χ0n) is 20.5. The molecule has 12 heteroatoms. The van der Waals surface area contributed by atoms with E-state index in [-0.39, 0.29) is 17.6 Å². The molecule has 3 aromatic rings. The zero-order valence-corrected chi connectivity index (χ0v) is 21.3. The van der Waals surface area contributed by atoms with Crippen molar-refractivity contribution in [2.75, 3.05) is 32.1 Å². The third kappa shape index (κ3) is 5.29. The Kier molecular flexibility index (Phi) is 6.93. The van der Waals surface area contributed by atoms with Crippen LogP contribution in [-0.4, -0.2) is 60.9 Å². The zero-order chi connectivity index (χ0) is 26.3. The summed E-state index contributed by atoms with van der Waals surface area (Å²) in [6, 6.07) is 7.84. The number of alkyl halides is 1. The average Bonchev–Trinajstić information content (AvgIpc) is 3.44. The molecule has 0 aliphatic carbocycles. The second-order valence-corrected chi connectivity index (χ2v) is 11.2. The van der Waals surface area contributed by atoms with E-state index in [2.05, 4.69) is 9.88 Å². The summed E-state index contributed by atoms with van der Waals surface area (Å²) in [6.45, 7) is 2.77. The number of fused-ring (bicyclic) bond motifs is 1. The predicted molar refractivity (Wildman–Crippen MR) is 132 cm³/mol. The van der Waals surface area contributed by atoms with Crippen LogP contribution in [0.25, 0.3) is 5.65 Å². The molecule has 1 aliphatic heterocycles. The molecule has 0 saturated carbocycles. The molecule has 1 atom stereocenters. The first kappa shape index (κ1) is 25.8. The molecule has 1 saturated heterocycles. The van der Waals surface area contributed by atoms with Crippen molar-refractivity contribution in [1.82, 2.24) is 18.4 Å². The second-order valence-electron chi connectivity index (χ2n) is 9.41. The normalized spacial score (nSPS) is 16.6. The summed E-state index contributed by atoms with van der Waals surface area (Å²) in [5, 5.41) is 0. The number of nitrogens with zero attached hydrogens (tertiary/aromatic N) is 4. The first-order valence-electron chi connectivity index (χ1n) is 11.4. The van der Waals surface area contributed by atoms with E-state index in [0.29, 0.717) is 17.9 Å². The van der Waals surface area contributed by atoms with Gasteiger partial charge in [-0.1, -0.05) is 0 Å². The molecule has 9 nitrogen and oxygen atoms in total. The van der Waals surface area contributed by atoms with Crippen LogP contribution < -0.4 is 14.4 Å². The lowest BCUT2D eigenvalue weighted by Crippen LogP contribution is -2.45. The van der Waals surface area contributed by atoms with E-state index < -0.39 is 28.3 Å². The van der Waals surface area contributed by atoms with Crippen molar-refractivity contribution in [3.63, 3.8) is 0 Å². The first-order valence-corrected chi connectivity index (χ1v) is 12.9. The number of amides is 1. The molecule has 1 fully saturated rings. The van der Waals surface area contributed by atoms with E-state index in [1.54, 1.807) is 25.4 Å². The lowest BCUT2D eigenvalue weighted by molar-refractivity contribution is 0.0971. The number of carbonyl (C=O) groups excluding carboxylic acids is 1. The topological polar surface area (TPSA) is 96.2 Å². The summed E-state index contributed by atoms with van der Waals surface area (Å²) in [4.78, 5) is 19.2. The quantitative estimate of drug-likeness (QED) is 0.488. The maximum Gasteiger partial charge on any atom is 0.303 e. The van der Waals surface area contributed by atoms with Crippen LogP contribution in [0.4, 0.5) is 14.5 Å². The largest absolute Gasteiger partial charge is 0.496 e. The van der Waals surface area contributed by atoms with Crippen LogP contribution in [0.5, 0.6) is 5.75 Å². The Labute approximate surface area is 208 Å². The van der Waals surface area contributed by atoms with Crippen LogP contribution in [0.2, 0.25) is 0 Å². The molecule has 2 aromatic heterocycles. The summed E-state index contributed by atoms with van der Waals surface area (Å²) in [5.41, 5.74) is 0.147. The molecule has 1 aliphatic rings. The van der Waals surface area contributed by atoms with Gasteiger partial charge in [-0.05, 0) is 57.0 Å². The van der Waals surface area contributed by atoms with Crippen LogP contribution in [0.1, 0.15) is 48.8 Å². The Hall–Kier alpha value is -3.25. The van der Waals surface area contributed by atoms with Crippen molar-refractivity contribution in [2.45, 2.75) is 38.4 Å². The number of rotatable bonds is 8. The van der Waals surface area contributed by atoms with Gasteiger partial charge in [-0.15, -0.1) is 0 Å². The molecular weight excluding hydrogens is 492 g/mol. The van der Waals surface area contributed by atoms with Crippen molar-refractivity contribution < 1.29 is 26.7 Å². The monoisotopic (exact) mass is 521 g/mol. The number of nitrogens with one attached hydrogen (secondary N) is 1. The molecule has 194 valence electrons. The molecule has 1 unspecified atom stereocenters. The highest BCUT2D eigenvalue weighted by Crippen LogP contribution is 2.40. The lowest BCUT2D eigenvalue weighted by Gasteiger charge is -2.28. The van der Waals surface area contributed by atoms with Gasteiger partial charge in [-0.3, -0.25) is 9.20 Å². The molecule has 36 heavy (non-hydrogen) atoms. The maximum atomic E-state index is 14.1. The van der Waals surface area contributed by atoms with Gasteiger partial charge >= 0.3 is 10.2 Å². The maximum absolute atomic E-state index is 14.1. The van der Waals surface area contributed by atoms with Crippen LogP contribution in [0.15, 0.2) is 42.7 Å². The number of hydrogen-bond acceptors (Lipinski definition) is 6. The highest BCUT2D eigenvalue weighted by atomic mass is 32.2. The standard InChI is InChI=1S/C24H29F2N5O4S/c1-24(2,26)15-29(3)36(33,34)28-23(32)20-13-27-22-10-8-17(14-31(20)22)30-11-5-6-19(30)18-12-16(25)7-9-21(18)35-4/h7-10,12-14,19H,5-6,11,15H2,1-4H3,(H,28,32). The summed E-state index contributed by atoms with van der Waals surface area (Å²) in [7, 11) is -1.54. The number of pyridine rings is 1. The number of hydrogen-bond donors (Lipinski definition) is 1. The minimum absolute atomic E-state index is 0.00224. The minimum Gasteiger partial charge on any atom is -0.496 e. The molecule has 0 bridgehead atoms. The summed E-state index contributed by atoms with van der Waals surface area (Å²) in [5.74, 6) is -0.667. The van der Waals surface area contributed by atoms with E-state index in [1.807, 2.05) is 10.8 Å². The Morgan fingerprint density at radius 1 is 1.31 bits per heavy atom. The van der Waals surface area contributed by atoms with Gasteiger partial charge in [-0.2, -0.15) is 12.7 Å². The second kappa shape index (κ2) is 9.66. The molecule has 1 amide bonds. The third-order valence-corrected chi connectivity index (χ3v) is 7.48. The highest BCUT2D eigenvalue weighted by molar-refractivity contribution is 7.87. The van der Waals surface area contributed by atoms with Gasteiger partial charge in [0.25, 0.3) is 5.91 Å². The van der Waals surface area contributed by atoms with E-state index in [9.17, 15) is 22.0 Å². The highest BCUT2D eigenvalue weighted by Gasteiger charge is 2.31. The van der Waals surface area contributed by atoms with Gasteiger partial charge in [-0.25, -0.2) is 18.5 Å². The SMILES string of the molecule is COc1ccc(F)cc1C1CCCN1c1ccc2ncc(C(=O)NS(=O)(=O)N(C)CC(C)(C)F)n2c1. The lowest BCUT2D eigenvalue weighted by atomic mass is 10.0. The van der Waals surface area contributed by atoms with Crippen molar-refractivity contribution in [3.8, 4) is 5.75 Å². The Bertz CT molecular complexity index is 1390. The van der Waals surface area contributed by atoms with E-state index in [1.165, 1.54) is 43.6 Å². The van der Waals surface area contributed by atoms with Crippen LogP contribution in [-0.2, 0) is 10.2 Å². The van der Waals surface area contributed by atoms with Crippen molar-refractivity contribution in [2.24, 2.45) is 0 Å². The first-order chi connectivity index (χ1) is 16.9. The number of benzene rings is 1. The minimum atomic E-state index is -4.28. The van der Waals surface area contributed by atoms with Gasteiger partial charge in [0.2, 0.25) is 0 Å². The van der Waals surface area contributed by atoms with Gasteiger partial charge in [0.1, 0.15) is 28.6 Å². The molecule has 3 heterocycles. The summed E-state index contributed by atoms with van der Waals surface area (Å²) >= 11 is 0. The number of methoxy groups -OCH3 is 1. The fourth-order valence-corrected chi connectivity index (χ4v) is 5.51. The van der Waals surface area contributed by atoms with E-state index >= 15 is 0 Å². The summed E-state index contributed by atoms with van der Waals surface area (Å²) in [6.07, 6.45) is 4.63. The third-order valence-electron chi connectivity index (χ3n) is 6.09.